The third-order valence-corrected chi connectivity index (χ3v) is 6.44. The van der Waals surface area contributed by atoms with Gasteiger partial charge in [0.2, 0.25) is 10.0 Å². The molecule has 1 aliphatic heterocycles. The van der Waals surface area contributed by atoms with Gasteiger partial charge in [0.1, 0.15) is 0 Å². The van der Waals surface area contributed by atoms with Gasteiger partial charge >= 0.3 is 11.9 Å². The van der Waals surface area contributed by atoms with Crippen LogP contribution in [-0.2, 0) is 19.6 Å². The molecule has 2 aromatic carbocycles. The molecule has 0 spiro atoms. The van der Waals surface area contributed by atoms with Crippen LogP contribution in [0.25, 0.3) is 10.8 Å². The second-order valence-electron chi connectivity index (χ2n) is 6.65. The van der Waals surface area contributed by atoms with Gasteiger partial charge in [-0.25, -0.2) is 18.0 Å². The van der Waals surface area contributed by atoms with E-state index in [0.29, 0.717) is 24.0 Å². The number of piperazine rings is 1. The van der Waals surface area contributed by atoms with Crippen LogP contribution in [0.4, 0.5) is 0 Å². The fourth-order valence-electron chi connectivity index (χ4n) is 2.94. The van der Waals surface area contributed by atoms with Gasteiger partial charge in [-0.2, -0.15) is 4.31 Å². The smallest absolute Gasteiger partial charge is 0.414 e. The Bertz CT molecular complexity index is 938. The molecule has 1 aliphatic rings. The van der Waals surface area contributed by atoms with E-state index in [9.17, 15) is 8.42 Å². The number of rotatable bonds is 3. The van der Waals surface area contributed by atoms with Crippen LogP contribution < -0.4 is 0 Å². The maximum Gasteiger partial charge on any atom is 0.414 e. The molecule has 0 amide bonds. The summed E-state index contributed by atoms with van der Waals surface area (Å²) < 4.78 is 27.2. The number of hydrogen-bond donors (Lipinski definition) is 2. The van der Waals surface area contributed by atoms with Crippen LogP contribution >= 0.6 is 0 Å². The van der Waals surface area contributed by atoms with Crippen LogP contribution in [0.5, 0.6) is 0 Å². The van der Waals surface area contributed by atoms with Gasteiger partial charge in [-0.15, -0.1) is 0 Å². The summed E-state index contributed by atoms with van der Waals surface area (Å²) in [5.74, 6) is -3.65. The zero-order chi connectivity index (χ0) is 20.9. The summed E-state index contributed by atoms with van der Waals surface area (Å²) in [6.45, 7) is 7.01. The Morgan fingerprint density at radius 2 is 1.43 bits per heavy atom. The highest BCUT2D eigenvalue weighted by atomic mass is 32.2. The molecule has 1 saturated heterocycles. The first-order valence-corrected chi connectivity index (χ1v) is 10.3. The lowest BCUT2D eigenvalue weighted by molar-refractivity contribution is -0.159. The summed E-state index contributed by atoms with van der Waals surface area (Å²) in [4.78, 5) is 20.9. The summed E-state index contributed by atoms with van der Waals surface area (Å²) in [7, 11) is -3.40. The van der Waals surface area contributed by atoms with E-state index in [2.05, 4.69) is 18.7 Å². The maximum absolute atomic E-state index is 12.8. The van der Waals surface area contributed by atoms with Gasteiger partial charge in [0.15, 0.2) is 0 Å². The molecule has 3 rings (SSSR count). The van der Waals surface area contributed by atoms with Gasteiger partial charge in [0.05, 0.1) is 4.90 Å². The van der Waals surface area contributed by atoms with E-state index in [1.54, 1.807) is 16.4 Å². The van der Waals surface area contributed by atoms with Crippen LogP contribution in [0.3, 0.4) is 0 Å². The van der Waals surface area contributed by atoms with Crippen LogP contribution in [0.2, 0.25) is 0 Å². The van der Waals surface area contributed by atoms with Gasteiger partial charge in [0, 0.05) is 32.2 Å². The molecule has 0 aliphatic carbocycles. The van der Waals surface area contributed by atoms with Gasteiger partial charge in [-0.3, -0.25) is 4.90 Å². The second kappa shape index (κ2) is 9.13. The maximum atomic E-state index is 12.8. The highest BCUT2D eigenvalue weighted by molar-refractivity contribution is 7.89. The Hall–Kier alpha value is -2.49. The number of carboxylic acid groups (broad SMARTS) is 2. The number of benzene rings is 2. The van der Waals surface area contributed by atoms with Crippen molar-refractivity contribution in [3.05, 3.63) is 42.5 Å². The van der Waals surface area contributed by atoms with Crippen molar-refractivity contribution in [3.8, 4) is 0 Å². The Balaban J connectivity index is 0.000000409. The van der Waals surface area contributed by atoms with E-state index in [1.165, 1.54) is 0 Å². The van der Waals surface area contributed by atoms with Crippen LogP contribution in [-0.4, -0.2) is 72.0 Å². The summed E-state index contributed by atoms with van der Waals surface area (Å²) >= 11 is 0. The largest absolute Gasteiger partial charge is 0.473 e. The monoisotopic (exact) mass is 408 g/mol. The van der Waals surface area contributed by atoms with E-state index in [1.807, 2.05) is 30.3 Å². The van der Waals surface area contributed by atoms with Crippen molar-refractivity contribution in [1.29, 1.82) is 0 Å². The highest BCUT2D eigenvalue weighted by Crippen LogP contribution is 2.23. The molecule has 1 heterocycles. The van der Waals surface area contributed by atoms with Gasteiger partial charge in [-0.1, -0.05) is 30.3 Å². The van der Waals surface area contributed by atoms with Gasteiger partial charge in [0.25, 0.3) is 0 Å². The zero-order valence-electron chi connectivity index (χ0n) is 15.8. The Morgan fingerprint density at radius 3 is 1.93 bits per heavy atom. The fourth-order valence-corrected chi connectivity index (χ4v) is 4.40. The van der Waals surface area contributed by atoms with Crippen LogP contribution in [0.1, 0.15) is 13.8 Å². The molecule has 2 N–H and O–H groups in total. The summed E-state index contributed by atoms with van der Waals surface area (Å²) in [5, 5.41) is 16.8. The van der Waals surface area contributed by atoms with E-state index in [0.717, 1.165) is 23.9 Å². The number of nitrogens with zero attached hydrogens (tertiary/aromatic N) is 2. The molecular formula is C19H24N2O6S. The van der Waals surface area contributed by atoms with E-state index in [4.69, 9.17) is 19.8 Å². The highest BCUT2D eigenvalue weighted by Gasteiger charge is 2.29. The lowest BCUT2D eigenvalue weighted by atomic mass is 10.1. The van der Waals surface area contributed by atoms with Crippen molar-refractivity contribution in [2.24, 2.45) is 0 Å². The van der Waals surface area contributed by atoms with Crippen molar-refractivity contribution in [2.45, 2.75) is 24.8 Å². The molecule has 8 nitrogen and oxygen atoms in total. The SMILES string of the molecule is CC(C)N1CCN(S(=O)(=O)c2ccc3ccccc3c2)CC1.O=C(O)C(=O)O. The van der Waals surface area contributed by atoms with E-state index < -0.39 is 22.0 Å². The molecule has 28 heavy (non-hydrogen) atoms. The second-order valence-corrected chi connectivity index (χ2v) is 8.59. The molecule has 0 aromatic heterocycles. The molecule has 0 saturated carbocycles. The van der Waals surface area contributed by atoms with Crippen LogP contribution in [0, 0.1) is 0 Å². The predicted octanol–water partition coefficient (Wildman–Crippen LogP) is 1.71. The number of sulfonamides is 1. The minimum atomic E-state index is -3.40. The molecule has 152 valence electrons. The zero-order valence-corrected chi connectivity index (χ0v) is 16.6. The Labute approximate surface area is 164 Å². The van der Waals surface area contributed by atoms with Crippen molar-refractivity contribution >= 4 is 32.7 Å². The third-order valence-electron chi connectivity index (χ3n) is 4.55. The standard InChI is InChI=1S/C17H22N2O2S.C2H2O4/c1-14(2)18-9-11-19(12-10-18)22(20,21)17-8-7-15-5-3-4-6-16(15)13-17;3-1(4)2(5)6/h3-8,13-14H,9-12H2,1-2H3;(H,3,4)(H,5,6). The summed E-state index contributed by atoms with van der Waals surface area (Å²) in [6, 6.07) is 13.7. The minimum absolute atomic E-state index is 0.393. The average molecular weight is 408 g/mol. The molecule has 0 radical (unpaired) electrons. The normalized spacial score (nSPS) is 15.8. The van der Waals surface area contributed by atoms with Crippen molar-refractivity contribution in [1.82, 2.24) is 9.21 Å². The number of carbonyl (C=O) groups is 2. The Kier molecular flexibility index (Phi) is 7.11. The lowest BCUT2D eigenvalue weighted by Crippen LogP contribution is -2.50. The van der Waals surface area contributed by atoms with E-state index >= 15 is 0 Å². The topological polar surface area (TPSA) is 115 Å². The Morgan fingerprint density at radius 1 is 0.893 bits per heavy atom. The van der Waals surface area contributed by atoms with Gasteiger partial charge < -0.3 is 10.2 Å². The number of fused-ring (bicyclic) bond motifs is 1. The third kappa shape index (κ3) is 5.28. The average Bonchev–Trinajstić information content (AvgIpc) is 2.68. The lowest BCUT2D eigenvalue weighted by Gasteiger charge is -2.36. The number of aliphatic carboxylic acids is 2. The molecular weight excluding hydrogens is 384 g/mol. The summed E-state index contributed by atoms with van der Waals surface area (Å²) in [5.41, 5.74) is 0. The van der Waals surface area contributed by atoms with Crippen molar-refractivity contribution in [2.75, 3.05) is 26.2 Å². The number of hydrogen-bond acceptors (Lipinski definition) is 5. The van der Waals surface area contributed by atoms with Crippen molar-refractivity contribution < 1.29 is 28.2 Å². The first-order chi connectivity index (χ1) is 13.1. The predicted molar refractivity (Wildman–Crippen MR) is 105 cm³/mol. The van der Waals surface area contributed by atoms with Gasteiger partial charge in [-0.05, 0) is 36.8 Å². The first kappa shape index (κ1) is 21.8. The molecule has 0 atom stereocenters. The number of carboxylic acids is 2. The minimum Gasteiger partial charge on any atom is -0.473 e. The first-order valence-electron chi connectivity index (χ1n) is 8.82. The summed E-state index contributed by atoms with van der Waals surface area (Å²) in [6.07, 6.45) is 0. The molecule has 9 heteroatoms. The fraction of sp³-hybridized carbons (Fsp3) is 0.368. The molecule has 0 bridgehead atoms. The molecule has 1 fully saturated rings. The van der Waals surface area contributed by atoms with E-state index in [-0.39, 0.29) is 0 Å². The molecule has 0 unspecified atom stereocenters. The quantitative estimate of drug-likeness (QED) is 0.743. The molecule has 2 aromatic rings. The van der Waals surface area contributed by atoms with Crippen LogP contribution in [0.15, 0.2) is 47.4 Å². The van der Waals surface area contributed by atoms with Crippen molar-refractivity contribution in [3.63, 3.8) is 0 Å².